The monoisotopic (exact) mass is 623 g/mol. The van der Waals surface area contributed by atoms with Crippen molar-refractivity contribution < 1.29 is 38.5 Å². The maximum absolute atomic E-state index is 14.5. The van der Waals surface area contributed by atoms with Gasteiger partial charge < -0.3 is 34.4 Å². The Morgan fingerprint density at radius 1 is 1.11 bits per heavy atom. The van der Waals surface area contributed by atoms with E-state index in [-0.39, 0.29) is 31.4 Å². The van der Waals surface area contributed by atoms with Crippen molar-refractivity contribution in [2.75, 3.05) is 33.4 Å². The number of benzene rings is 1. The van der Waals surface area contributed by atoms with E-state index in [1.807, 2.05) is 50.3 Å². The van der Waals surface area contributed by atoms with Crippen LogP contribution in [0.4, 0.5) is 0 Å². The molecule has 0 saturated carbocycles. The number of unbranched alkanes of at least 4 members (excludes halogenated alkanes) is 1. The van der Waals surface area contributed by atoms with E-state index in [0.29, 0.717) is 31.5 Å². The molecule has 4 heterocycles. The summed E-state index contributed by atoms with van der Waals surface area (Å²) in [4.78, 5) is 59.4. The summed E-state index contributed by atoms with van der Waals surface area (Å²) < 4.78 is 18.4. The van der Waals surface area contributed by atoms with Crippen molar-refractivity contribution in [2.24, 2.45) is 11.8 Å². The number of aliphatic hydroxyl groups excluding tert-OH is 1. The Labute approximate surface area is 264 Å². The number of rotatable bonds is 9. The molecule has 4 aliphatic heterocycles. The number of allylic oxidation sites excluding steroid dienone is 1. The van der Waals surface area contributed by atoms with E-state index in [2.05, 4.69) is 5.32 Å². The van der Waals surface area contributed by atoms with Gasteiger partial charge in [0.05, 0.1) is 37.3 Å². The minimum atomic E-state index is -1.45. The van der Waals surface area contributed by atoms with Crippen molar-refractivity contribution in [1.29, 1.82) is 0 Å². The summed E-state index contributed by atoms with van der Waals surface area (Å²) in [5.74, 6) is -3.71. The fraction of sp³-hybridized carbons (Fsp3) is 0.588. The van der Waals surface area contributed by atoms with Crippen LogP contribution in [0.25, 0.3) is 0 Å². The van der Waals surface area contributed by atoms with Crippen LogP contribution >= 0.6 is 0 Å². The van der Waals surface area contributed by atoms with Gasteiger partial charge in [-0.3, -0.25) is 19.2 Å². The number of amides is 3. The second kappa shape index (κ2) is 14.3. The molecule has 2 fully saturated rings. The van der Waals surface area contributed by atoms with Gasteiger partial charge in [-0.25, -0.2) is 0 Å². The minimum Gasteiger partial charge on any atom is -0.455 e. The Morgan fingerprint density at radius 2 is 1.89 bits per heavy atom. The Morgan fingerprint density at radius 3 is 2.58 bits per heavy atom. The fourth-order valence-electron chi connectivity index (χ4n) is 7.23. The molecule has 2 saturated heterocycles. The standard InChI is InChI=1S/C34H45N3O8/c1-4-6-18-36-19-12-17-34-28(31(40)37(23(5-2)20-38)30(34)32(36)41)27-25(45-34)15-10-11-16-26(39)35-24(21-43-3)29(44-33(27)42)22-13-8-7-9-14-22/h7-10,12-15,17,23-25,27-30,38H,4-6,11,16,18-21H2,1-3H3,(H,35,39)/b15-10-/t23-,24+,25+,27-,28-,29+,30+,34-/m0/s1. The molecule has 11 nitrogen and oxygen atoms in total. The van der Waals surface area contributed by atoms with Gasteiger partial charge in [0.25, 0.3) is 0 Å². The normalized spacial score (nSPS) is 33.2. The van der Waals surface area contributed by atoms with Crippen LogP contribution in [0.1, 0.15) is 57.6 Å². The Bertz CT molecular complexity index is 1300. The van der Waals surface area contributed by atoms with Crippen LogP contribution in [0.3, 0.4) is 0 Å². The van der Waals surface area contributed by atoms with Crippen molar-refractivity contribution in [2.45, 2.75) is 81.9 Å². The third-order valence-electron chi connectivity index (χ3n) is 9.44. The molecule has 0 radical (unpaired) electrons. The van der Waals surface area contributed by atoms with Crippen LogP contribution in [-0.2, 0) is 33.4 Å². The zero-order valence-corrected chi connectivity index (χ0v) is 26.3. The van der Waals surface area contributed by atoms with E-state index in [9.17, 15) is 24.3 Å². The molecule has 0 unspecified atom stereocenters. The van der Waals surface area contributed by atoms with E-state index in [0.717, 1.165) is 12.8 Å². The SMILES string of the molecule is CCCCN1CC=C[C@]23O[C@@H]4/C=C\CCC(=O)N[C@H](COC)[C@@H](c5ccccc5)OC(=O)[C@@H]4[C@H]2C(=O)N([C@@H](CC)CO)[C@@H]3C1=O. The summed E-state index contributed by atoms with van der Waals surface area (Å²) in [6.07, 6.45) is 8.01. The van der Waals surface area contributed by atoms with Gasteiger partial charge in [0.15, 0.2) is 0 Å². The van der Waals surface area contributed by atoms with Crippen LogP contribution in [-0.4, -0.2) is 102 Å². The van der Waals surface area contributed by atoms with Crippen LogP contribution in [0.5, 0.6) is 0 Å². The lowest BCUT2D eigenvalue weighted by molar-refractivity contribution is -0.163. The zero-order valence-electron chi connectivity index (χ0n) is 26.3. The number of cyclic esters (lactones) is 1. The van der Waals surface area contributed by atoms with Crippen LogP contribution in [0, 0.1) is 11.8 Å². The first-order valence-corrected chi connectivity index (χ1v) is 16.1. The summed E-state index contributed by atoms with van der Waals surface area (Å²) in [6, 6.07) is 6.72. The quantitative estimate of drug-likeness (QED) is 0.316. The number of carbonyl (C=O) groups is 4. The maximum atomic E-state index is 14.5. The number of carbonyl (C=O) groups excluding carboxylic acids is 4. The lowest BCUT2D eigenvalue weighted by Crippen LogP contribution is -2.58. The zero-order chi connectivity index (χ0) is 32.1. The van der Waals surface area contributed by atoms with Crippen molar-refractivity contribution in [3.8, 4) is 0 Å². The van der Waals surface area contributed by atoms with Crippen molar-refractivity contribution in [3.63, 3.8) is 0 Å². The summed E-state index contributed by atoms with van der Waals surface area (Å²) in [5.41, 5.74) is -0.788. The van der Waals surface area contributed by atoms with Crippen molar-refractivity contribution in [1.82, 2.24) is 15.1 Å². The second-order valence-electron chi connectivity index (χ2n) is 12.2. The number of ether oxygens (including phenoxy) is 3. The average molecular weight is 624 g/mol. The summed E-state index contributed by atoms with van der Waals surface area (Å²) in [6.45, 7) is 4.52. The van der Waals surface area contributed by atoms with Crippen molar-refractivity contribution >= 4 is 23.7 Å². The van der Waals surface area contributed by atoms with Gasteiger partial charge in [-0.15, -0.1) is 0 Å². The maximum Gasteiger partial charge on any atom is 0.313 e. The number of methoxy groups -OCH3 is 1. The molecule has 1 aromatic carbocycles. The highest BCUT2D eigenvalue weighted by atomic mass is 16.6. The first kappa shape index (κ1) is 32.8. The van der Waals surface area contributed by atoms with Crippen molar-refractivity contribution in [3.05, 3.63) is 60.2 Å². The highest BCUT2D eigenvalue weighted by molar-refractivity contribution is 5.99. The van der Waals surface area contributed by atoms with Gasteiger partial charge in [-0.05, 0) is 24.8 Å². The van der Waals surface area contributed by atoms with E-state index < -0.39 is 59.6 Å². The first-order chi connectivity index (χ1) is 21.8. The third kappa shape index (κ3) is 6.17. The number of nitrogens with one attached hydrogen (secondary N) is 1. The Kier molecular flexibility index (Phi) is 10.4. The molecule has 8 atom stereocenters. The number of esters is 1. The van der Waals surface area contributed by atoms with E-state index in [1.165, 1.54) is 12.0 Å². The van der Waals surface area contributed by atoms with Gasteiger partial charge in [-0.2, -0.15) is 0 Å². The molecular formula is C34H45N3O8. The number of likely N-dealkylation sites (tertiary alicyclic amines) is 1. The molecule has 1 spiro atoms. The summed E-state index contributed by atoms with van der Waals surface area (Å²) >= 11 is 0. The minimum absolute atomic E-state index is 0.0840. The average Bonchev–Trinajstić information content (AvgIpc) is 3.43. The number of nitrogens with zero attached hydrogens (tertiary/aromatic N) is 2. The van der Waals surface area contributed by atoms with E-state index in [4.69, 9.17) is 14.2 Å². The molecule has 11 heteroatoms. The number of hydrogen-bond acceptors (Lipinski definition) is 8. The molecule has 2 N–H and O–H groups in total. The van der Waals surface area contributed by atoms with Gasteiger partial charge in [0.1, 0.15) is 23.7 Å². The molecule has 0 bridgehead atoms. The largest absolute Gasteiger partial charge is 0.455 e. The second-order valence-corrected chi connectivity index (χ2v) is 12.2. The number of fused-ring (bicyclic) bond motifs is 2. The van der Waals surface area contributed by atoms with Gasteiger partial charge in [-0.1, -0.05) is 74.9 Å². The molecule has 0 aromatic heterocycles. The molecule has 244 valence electrons. The highest BCUT2D eigenvalue weighted by Crippen LogP contribution is 2.54. The molecular weight excluding hydrogens is 578 g/mol. The third-order valence-corrected chi connectivity index (χ3v) is 9.44. The smallest absolute Gasteiger partial charge is 0.313 e. The summed E-state index contributed by atoms with van der Waals surface area (Å²) in [7, 11) is 1.51. The predicted molar refractivity (Wildman–Crippen MR) is 164 cm³/mol. The summed E-state index contributed by atoms with van der Waals surface area (Å²) in [5, 5.41) is 13.3. The van der Waals surface area contributed by atoms with Crippen LogP contribution in [0.15, 0.2) is 54.6 Å². The van der Waals surface area contributed by atoms with Gasteiger partial charge >= 0.3 is 5.97 Å². The molecule has 1 aromatic rings. The molecule has 5 rings (SSSR count). The van der Waals surface area contributed by atoms with Gasteiger partial charge in [0, 0.05) is 26.6 Å². The topological polar surface area (TPSA) is 135 Å². The van der Waals surface area contributed by atoms with E-state index >= 15 is 0 Å². The lowest BCUT2D eigenvalue weighted by atomic mass is 9.77. The predicted octanol–water partition coefficient (Wildman–Crippen LogP) is 2.30. The Balaban J connectivity index is 1.61. The van der Waals surface area contributed by atoms with Gasteiger partial charge in [0.2, 0.25) is 17.7 Å². The lowest BCUT2D eigenvalue weighted by Gasteiger charge is -2.38. The molecule has 3 amide bonds. The number of aliphatic hydroxyl groups is 1. The van der Waals surface area contributed by atoms with Crippen LogP contribution in [0.2, 0.25) is 0 Å². The Hall–Kier alpha value is -3.54. The van der Waals surface area contributed by atoms with E-state index in [1.54, 1.807) is 23.1 Å². The van der Waals surface area contributed by atoms with Crippen LogP contribution < -0.4 is 5.32 Å². The molecule has 45 heavy (non-hydrogen) atoms. The highest BCUT2D eigenvalue weighted by Gasteiger charge is 2.72. The fourth-order valence-corrected chi connectivity index (χ4v) is 7.23. The first-order valence-electron chi connectivity index (χ1n) is 16.1. The molecule has 0 aliphatic carbocycles. The number of hydrogen-bond donors (Lipinski definition) is 2. The molecule has 4 aliphatic rings.